The van der Waals surface area contributed by atoms with Crippen LogP contribution in [0.4, 0.5) is 17.1 Å². The first-order valence-electron chi connectivity index (χ1n) is 25.3. The Morgan fingerprint density at radius 1 is 0.292 bits per heavy atom. The number of hydrogen-bond acceptors (Lipinski definition) is 1. The van der Waals surface area contributed by atoms with E-state index in [0.29, 0.717) is 0 Å². The van der Waals surface area contributed by atoms with Gasteiger partial charge in [0.2, 0.25) is 0 Å². The first-order chi connectivity index (χ1) is 35.5. The Hall–Kier alpha value is -8.98. The van der Waals surface area contributed by atoms with Gasteiger partial charge in [-0.25, -0.2) is 0 Å². The second-order valence-corrected chi connectivity index (χ2v) is 20.7. The van der Waals surface area contributed by atoms with Crippen LogP contribution in [0.25, 0.3) is 93.2 Å². The Balaban J connectivity index is 1.07. The fourth-order valence-electron chi connectivity index (χ4n) is 14.0. The van der Waals surface area contributed by atoms with Crippen molar-refractivity contribution >= 4 is 71.2 Å². The van der Waals surface area contributed by atoms with Crippen molar-refractivity contribution in [3.8, 4) is 39.1 Å². The zero-order valence-corrected chi connectivity index (χ0v) is 40.0. The second-order valence-electron chi connectivity index (χ2n) is 20.7. The summed E-state index contributed by atoms with van der Waals surface area (Å²) in [5, 5.41) is 9.95. The maximum atomic E-state index is 2.60. The molecule has 0 fully saturated rings. The fraction of sp³-hybridized carbons (Fsp3) is 0.0571. The smallest absolute Gasteiger partial charge is 0.0726 e. The number of rotatable bonds is 4. The van der Waals surface area contributed by atoms with E-state index in [0.717, 1.165) is 22.7 Å². The van der Waals surface area contributed by atoms with Gasteiger partial charge in [0.25, 0.3) is 0 Å². The molecule has 0 atom stereocenters. The van der Waals surface area contributed by atoms with Crippen molar-refractivity contribution < 1.29 is 0 Å². The van der Waals surface area contributed by atoms with Crippen LogP contribution in [0.2, 0.25) is 0 Å². The molecule has 0 saturated heterocycles. The number of benzene rings is 12. The third kappa shape index (κ3) is 5.03. The molecule has 3 aliphatic rings. The maximum Gasteiger partial charge on any atom is 0.0726 e. The quantitative estimate of drug-likeness (QED) is 0.160. The summed E-state index contributed by atoms with van der Waals surface area (Å²) in [6.45, 7) is 4.76. The molecule has 336 valence electrons. The van der Waals surface area contributed by atoms with E-state index in [1.165, 1.54) is 121 Å². The molecule has 2 nitrogen and oxygen atoms in total. The van der Waals surface area contributed by atoms with E-state index in [4.69, 9.17) is 0 Å². The third-order valence-corrected chi connectivity index (χ3v) is 17.0. The Morgan fingerprint density at radius 2 is 0.681 bits per heavy atom. The molecule has 0 saturated carbocycles. The van der Waals surface area contributed by atoms with Crippen LogP contribution in [0.15, 0.2) is 243 Å². The minimum atomic E-state index is -0.504. The summed E-state index contributed by atoms with van der Waals surface area (Å²) in [4.78, 5) is 2.60. The Labute approximate surface area is 418 Å². The average molecular weight is 915 g/mol. The van der Waals surface area contributed by atoms with Crippen LogP contribution in [0.1, 0.15) is 47.2 Å². The summed E-state index contributed by atoms with van der Waals surface area (Å²) < 4.78 is 2.54. The number of aromatic nitrogens is 1. The first-order valence-corrected chi connectivity index (χ1v) is 25.3. The van der Waals surface area contributed by atoms with Crippen molar-refractivity contribution in [2.75, 3.05) is 4.90 Å². The van der Waals surface area contributed by atoms with E-state index in [-0.39, 0.29) is 5.41 Å². The maximum absolute atomic E-state index is 2.60. The van der Waals surface area contributed by atoms with Crippen molar-refractivity contribution in [2.45, 2.75) is 24.7 Å². The topological polar surface area (TPSA) is 8.17 Å². The summed E-state index contributed by atoms with van der Waals surface area (Å²) >= 11 is 0. The van der Waals surface area contributed by atoms with Gasteiger partial charge in [-0.1, -0.05) is 208 Å². The van der Waals surface area contributed by atoms with Crippen molar-refractivity contribution in [2.24, 2.45) is 0 Å². The minimum Gasteiger partial charge on any atom is -0.308 e. The lowest BCUT2D eigenvalue weighted by atomic mass is 9.70. The highest BCUT2D eigenvalue weighted by Crippen LogP contribution is 2.64. The molecule has 13 aromatic rings. The molecule has 16 rings (SSSR count). The van der Waals surface area contributed by atoms with Crippen molar-refractivity contribution in [1.29, 1.82) is 0 Å². The van der Waals surface area contributed by atoms with Gasteiger partial charge in [-0.2, -0.15) is 0 Å². The number of hydrogen-bond donors (Lipinski definition) is 0. The number of anilines is 3. The van der Waals surface area contributed by atoms with Crippen molar-refractivity contribution in [1.82, 2.24) is 4.57 Å². The van der Waals surface area contributed by atoms with Crippen LogP contribution in [0.3, 0.4) is 0 Å². The summed E-state index contributed by atoms with van der Waals surface area (Å²) in [5.74, 6) is 0. The number of nitrogens with zero attached hydrogens (tertiary/aromatic N) is 2. The molecule has 3 aliphatic carbocycles. The summed E-state index contributed by atoms with van der Waals surface area (Å²) in [6.07, 6.45) is 0. The average Bonchev–Trinajstić information content (AvgIpc) is 4.11. The molecule has 0 bridgehead atoms. The molecular formula is C70H46N2. The molecule has 0 unspecified atom stereocenters. The van der Waals surface area contributed by atoms with Gasteiger partial charge < -0.3 is 9.47 Å². The van der Waals surface area contributed by atoms with Crippen molar-refractivity contribution in [3.63, 3.8) is 0 Å². The largest absolute Gasteiger partial charge is 0.308 e. The van der Waals surface area contributed by atoms with E-state index in [1.807, 2.05) is 0 Å². The molecule has 0 N–H and O–H groups in total. The van der Waals surface area contributed by atoms with Gasteiger partial charge in [-0.3, -0.25) is 0 Å². The van der Waals surface area contributed by atoms with Crippen LogP contribution < -0.4 is 4.90 Å². The zero-order chi connectivity index (χ0) is 47.5. The predicted molar refractivity (Wildman–Crippen MR) is 302 cm³/mol. The lowest BCUT2D eigenvalue weighted by Gasteiger charge is -2.33. The lowest BCUT2D eigenvalue weighted by molar-refractivity contribution is 0.660. The Bertz CT molecular complexity index is 4390. The molecular weight excluding hydrogens is 869 g/mol. The highest BCUT2D eigenvalue weighted by Gasteiger charge is 2.51. The molecule has 1 spiro atoms. The molecule has 2 heteroatoms. The van der Waals surface area contributed by atoms with Crippen LogP contribution in [0.5, 0.6) is 0 Å². The van der Waals surface area contributed by atoms with Gasteiger partial charge in [-0.05, 0) is 148 Å². The highest BCUT2D eigenvalue weighted by molar-refractivity contribution is 6.27. The van der Waals surface area contributed by atoms with Gasteiger partial charge in [0, 0.05) is 27.6 Å². The molecule has 0 amide bonds. The standard InChI is InChI=1S/C70H46N2/c1-69(2)59-29-13-7-26-52(59)58-39-43(36-38-60(58)69)71(44-35-37-53-51-25-10-16-32-63(51)70(64(53)40-44)61-30-14-8-23-49(61)50-24-9-15-31-62(50)70)67-41-56-47-21-5-3-19-45(47)46-20-4-6-22-48(46)57(56)42-68(67)72-65-33-17-11-27-54(65)55-28-12-18-34-66(55)72/h3-42H,1-2H3. The molecule has 12 aromatic carbocycles. The van der Waals surface area contributed by atoms with Crippen LogP contribution in [0, 0.1) is 0 Å². The minimum absolute atomic E-state index is 0.138. The SMILES string of the molecule is CC1(C)c2ccccc2-c2cc(N(c3ccc4c(c3)C3(c5ccccc5-c5ccccc53)c3ccccc3-4)c3cc4c5ccccc5c5ccccc5c4cc3-n3c4ccccc4c4ccccc43)ccc21. The van der Waals surface area contributed by atoms with Crippen LogP contribution in [-0.4, -0.2) is 4.57 Å². The first kappa shape index (κ1) is 39.8. The predicted octanol–water partition coefficient (Wildman–Crippen LogP) is 18.4. The van der Waals surface area contributed by atoms with Crippen LogP contribution in [-0.2, 0) is 10.8 Å². The molecule has 0 aliphatic heterocycles. The number of fused-ring (bicyclic) bond motifs is 22. The summed E-state index contributed by atoms with van der Waals surface area (Å²) in [6, 6.07) is 92.0. The van der Waals surface area contributed by atoms with Gasteiger partial charge in [0.1, 0.15) is 0 Å². The van der Waals surface area contributed by atoms with Gasteiger partial charge in [-0.15, -0.1) is 0 Å². The fourth-order valence-corrected chi connectivity index (χ4v) is 14.0. The molecule has 1 heterocycles. The molecule has 1 aromatic heterocycles. The van der Waals surface area contributed by atoms with E-state index in [2.05, 4.69) is 266 Å². The highest BCUT2D eigenvalue weighted by atomic mass is 15.2. The van der Waals surface area contributed by atoms with E-state index in [9.17, 15) is 0 Å². The molecule has 72 heavy (non-hydrogen) atoms. The van der Waals surface area contributed by atoms with Gasteiger partial charge in [0.15, 0.2) is 0 Å². The second kappa shape index (κ2) is 14.3. The van der Waals surface area contributed by atoms with E-state index < -0.39 is 5.41 Å². The van der Waals surface area contributed by atoms with Crippen molar-refractivity contribution in [3.05, 3.63) is 276 Å². The van der Waals surface area contributed by atoms with Crippen LogP contribution >= 0.6 is 0 Å². The number of para-hydroxylation sites is 2. The normalized spacial score (nSPS) is 14.2. The summed E-state index contributed by atoms with van der Waals surface area (Å²) in [7, 11) is 0. The van der Waals surface area contributed by atoms with E-state index in [1.54, 1.807) is 0 Å². The summed E-state index contributed by atoms with van der Waals surface area (Å²) in [5.41, 5.74) is 22.0. The van der Waals surface area contributed by atoms with Gasteiger partial charge in [0.05, 0.1) is 27.8 Å². The Morgan fingerprint density at radius 3 is 1.24 bits per heavy atom. The lowest BCUT2D eigenvalue weighted by Crippen LogP contribution is -2.26. The Kier molecular flexibility index (Phi) is 7.92. The van der Waals surface area contributed by atoms with Gasteiger partial charge >= 0.3 is 0 Å². The van der Waals surface area contributed by atoms with E-state index >= 15 is 0 Å². The monoisotopic (exact) mass is 914 g/mol. The third-order valence-electron chi connectivity index (χ3n) is 17.0. The zero-order valence-electron chi connectivity index (χ0n) is 40.0. The molecule has 0 radical (unpaired) electrons.